The second kappa shape index (κ2) is 8.78. The Labute approximate surface area is 171 Å². The van der Waals surface area contributed by atoms with Crippen LogP contribution in [0.4, 0.5) is 0 Å². The van der Waals surface area contributed by atoms with Gasteiger partial charge in [-0.25, -0.2) is 9.97 Å². The van der Waals surface area contributed by atoms with Crippen LogP contribution >= 0.6 is 0 Å². The zero-order valence-corrected chi connectivity index (χ0v) is 17.1. The Bertz CT molecular complexity index is 873. The van der Waals surface area contributed by atoms with Gasteiger partial charge in [-0.05, 0) is 31.4 Å². The zero-order valence-electron chi connectivity index (χ0n) is 17.1. The number of aromatic nitrogens is 2. The third-order valence-electron chi connectivity index (χ3n) is 5.63. The largest absolute Gasteiger partial charge is 0.497 e. The van der Waals surface area contributed by atoms with Crippen LogP contribution in [-0.4, -0.2) is 47.1 Å². The molecule has 4 rings (SSSR count). The molecular formula is C22H28N4O3. The van der Waals surface area contributed by atoms with Crippen LogP contribution in [0.25, 0.3) is 0 Å². The number of hydrogen-bond donors (Lipinski definition) is 1. The van der Waals surface area contributed by atoms with Crippen LogP contribution in [-0.2, 0) is 17.8 Å². The van der Waals surface area contributed by atoms with E-state index in [9.17, 15) is 4.79 Å². The molecule has 0 radical (unpaired) electrons. The molecule has 2 aromatic rings. The SMILES string of the molecule is CC[C@@H](Oc1cccc(OC)c1)C(=O)N1CCC[C@H]1c1ncc2c(n1)CCNC2. The summed E-state index contributed by atoms with van der Waals surface area (Å²) in [5.74, 6) is 2.10. The molecule has 29 heavy (non-hydrogen) atoms. The molecule has 154 valence electrons. The topological polar surface area (TPSA) is 76.6 Å². The van der Waals surface area contributed by atoms with Crippen LogP contribution in [0.3, 0.4) is 0 Å². The molecule has 0 aliphatic carbocycles. The summed E-state index contributed by atoms with van der Waals surface area (Å²) >= 11 is 0. The Morgan fingerprint density at radius 3 is 3.07 bits per heavy atom. The van der Waals surface area contributed by atoms with Crippen LogP contribution in [0.2, 0.25) is 0 Å². The molecule has 0 bridgehead atoms. The van der Waals surface area contributed by atoms with E-state index >= 15 is 0 Å². The summed E-state index contributed by atoms with van der Waals surface area (Å²) in [6.07, 6.45) is 4.71. The van der Waals surface area contributed by atoms with Gasteiger partial charge >= 0.3 is 0 Å². The number of nitrogens with zero attached hydrogens (tertiary/aromatic N) is 3. The van der Waals surface area contributed by atoms with E-state index in [0.29, 0.717) is 24.5 Å². The van der Waals surface area contributed by atoms with Crippen molar-refractivity contribution in [1.82, 2.24) is 20.2 Å². The van der Waals surface area contributed by atoms with Crippen molar-refractivity contribution >= 4 is 5.91 Å². The van der Waals surface area contributed by atoms with E-state index in [4.69, 9.17) is 14.5 Å². The third kappa shape index (κ3) is 4.19. The van der Waals surface area contributed by atoms with E-state index in [1.165, 1.54) is 0 Å². The highest BCUT2D eigenvalue weighted by Crippen LogP contribution is 2.32. The number of benzene rings is 1. The molecule has 7 heteroatoms. The van der Waals surface area contributed by atoms with Gasteiger partial charge in [-0.2, -0.15) is 0 Å². The summed E-state index contributed by atoms with van der Waals surface area (Å²) in [4.78, 5) is 24.6. The minimum absolute atomic E-state index is 0.000747. The fourth-order valence-corrected chi connectivity index (χ4v) is 4.04. The van der Waals surface area contributed by atoms with Crippen LogP contribution < -0.4 is 14.8 Å². The molecule has 1 aromatic heterocycles. The fraction of sp³-hybridized carbons (Fsp3) is 0.500. The molecule has 0 saturated carbocycles. The van der Waals surface area contributed by atoms with Gasteiger partial charge in [0.2, 0.25) is 0 Å². The predicted octanol–water partition coefficient (Wildman–Crippen LogP) is 2.65. The van der Waals surface area contributed by atoms with Gasteiger partial charge in [-0.1, -0.05) is 13.0 Å². The van der Waals surface area contributed by atoms with Crippen LogP contribution in [0.1, 0.15) is 49.3 Å². The smallest absolute Gasteiger partial charge is 0.264 e. The highest BCUT2D eigenvalue weighted by Gasteiger charge is 2.36. The van der Waals surface area contributed by atoms with Crippen molar-refractivity contribution in [2.24, 2.45) is 0 Å². The number of amides is 1. The standard InChI is InChI=1S/C22H28N4O3/c1-3-20(29-17-7-4-6-16(12-17)28-2)22(27)26-11-5-8-19(26)21-24-14-15-13-23-10-9-18(15)25-21/h4,6-7,12,14,19-20,23H,3,5,8-11,13H2,1-2H3/t19-,20+/m0/s1. The molecule has 0 spiro atoms. The van der Waals surface area contributed by atoms with Gasteiger partial charge in [0.1, 0.15) is 11.5 Å². The molecule has 2 aliphatic rings. The number of carbonyl (C=O) groups is 1. The van der Waals surface area contributed by atoms with Gasteiger partial charge in [0.25, 0.3) is 5.91 Å². The number of carbonyl (C=O) groups excluding carboxylic acids is 1. The Hall–Kier alpha value is -2.67. The maximum atomic E-state index is 13.3. The first kappa shape index (κ1) is 19.6. The Morgan fingerprint density at radius 2 is 2.24 bits per heavy atom. The lowest BCUT2D eigenvalue weighted by Gasteiger charge is -2.28. The van der Waals surface area contributed by atoms with E-state index in [1.807, 2.05) is 36.2 Å². The van der Waals surface area contributed by atoms with Crippen molar-refractivity contribution in [2.75, 3.05) is 20.2 Å². The summed E-state index contributed by atoms with van der Waals surface area (Å²) in [6.45, 7) is 4.43. The monoisotopic (exact) mass is 396 g/mol. The van der Waals surface area contributed by atoms with E-state index in [1.54, 1.807) is 13.2 Å². The van der Waals surface area contributed by atoms with Crippen molar-refractivity contribution in [3.8, 4) is 11.5 Å². The summed E-state index contributed by atoms with van der Waals surface area (Å²) in [6, 6.07) is 7.29. The lowest BCUT2D eigenvalue weighted by atomic mass is 10.1. The Morgan fingerprint density at radius 1 is 1.38 bits per heavy atom. The zero-order chi connectivity index (χ0) is 20.2. The summed E-state index contributed by atoms with van der Waals surface area (Å²) in [5, 5.41) is 3.34. The first-order valence-electron chi connectivity index (χ1n) is 10.4. The van der Waals surface area contributed by atoms with E-state index in [-0.39, 0.29) is 11.9 Å². The summed E-state index contributed by atoms with van der Waals surface area (Å²) in [5.41, 5.74) is 2.26. The number of methoxy groups -OCH3 is 1. The van der Waals surface area contributed by atoms with Gasteiger partial charge < -0.3 is 19.7 Å². The van der Waals surface area contributed by atoms with Crippen LogP contribution in [0, 0.1) is 0 Å². The lowest BCUT2D eigenvalue weighted by Crippen LogP contribution is -2.41. The second-order valence-corrected chi connectivity index (χ2v) is 7.51. The Kier molecular flexibility index (Phi) is 5.94. The minimum Gasteiger partial charge on any atom is -0.497 e. The quantitative estimate of drug-likeness (QED) is 0.809. The molecular weight excluding hydrogens is 368 g/mol. The van der Waals surface area contributed by atoms with Crippen molar-refractivity contribution in [3.05, 3.63) is 47.5 Å². The van der Waals surface area contributed by atoms with Gasteiger partial charge in [-0.3, -0.25) is 4.79 Å². The van der Waals surface area contributed by atoms with E-state index in [0.717, 1.165) is 49.4 Å². The first-order chi connectivity index (χ1) is 14.2. The highest BCUT2D eigenvalue weighted by atomic mass is 16.5. The molecule has 1 amide bonds. The average molecular weight is 396 g/mol. The normalized spacial score (nSPS) is 19.5. The number of nitrogens with one attached hydrogen (secondary N) is 1. The third-order valence-corrected chi connectivity index (χ3v) is 5.63. The molecule has 1 N–H and O–H groups in total. The molecule has 1 aromatic carbocycles. The van der Waals surface area contributed by atoms with E-state index < -0.39 is 6.10 Å². The molecule has 2 atom stereocenters. The molecule has 2 aliphatic heterocycles. The van der Waals surface area contributed by atoms with Crippen molar-refractivity contribution in [3.63, 3.8) is 0 Å². The predicted molar refractivity (Wildman–Crippen MR) is 109 cm³/mol. The van der Waals surface area contributed by atoms with Crippen molar-refractivity contribution in [1.29, 1.82) is 0 Å². The van der Waals surface area contributed by atoms with Crippen LogP contribution in [0.5, 0.6) is 11.5 Å². The Balaban J connectivity index is 1.51. The molecule has 7 nitrogen and oxygen atoms in total. The highest BCUT2D eigenvalue weighted by molar-refractivity contribution is 5.82. The summed E-state index contributed by atoms with van der Waals surface area (Å²) < 4.78 is 11.3. The number of ether oxygens (including phenoxy) is 2. The molecule has 0 unspecified atom stereocenters. The van der Waals surface area contributed by atoms with Crippen LogP contribution in [0.15, 0.2) is 30.5 Å². The second-order valence-electron chi connectivity index (χ2n) is 7.51. The van der Waals surface area contributed by atoms with Crippen molar-refractivity contribution in [2.45, 2.75) is 51.3 Å². The molecule has 1 fully saturated rings. The average Bonchev–Trinajstić information content (AvgIpc) is 3.26. The number of fused-ring (bicyclic) bond motifs is 1. The lowest BCUT2D eigenvalue weighted by molar-refractivity contribution is -0.140. The van der Waals surface area contributed by atoms with Gasteiger partial charge in [-0.15, -0.1) is 0 Å². The van der Waals surface area contributed by atoms with Gasteiger partial charge in [0, 0.05) is 49.6 Å². The molecule has 3 heterocycles. The molecule has 1 saturated heterocycles. The summed E-state index contributed by atoms with van der Waals surface area (Å²) in [7, 11) is 1.62. The maximum absolute atomic E-state index is 13.3. The van der Waals surface area contributed by atoms with E-state index in [2.05, 4.69) is 10.3 Å². The number of rotatable bonds is 6. The number of likely N-dealkylation sites (tertiary alicyclic amines) is 1. The van der Waals surface area contributed by atoms with Gasteiger partial charge in [0.15, 0.2) is 11.9 Å². The number of hydrogen-bond acceptors (Lipinski definition) is 6. The van der Waals surface area contributed by atoms with Crippen molar-refractivity contribution < 1.29 is 14.3 Å². The van der Waals surface area contributed by atoms with Gasteiger partial charge in [0.05, 0.1) is 13.2 Å². The fourth-order valence-electron chi connectivity index (χ4n) is 4.04. The first-order valence-corrected chi connectivity index (χ1v) is 10.4. The minimum atomic E-state index is -0.537. The maximum Gasteiger partial charge on any atom is 0.264 e.